The SMILES string of the molecule is CCOC(=O)NCNC(=O)OCOC.COC(=O)NCNC(C)=O. The summed E-state index contributed by atoms with van der Waals surface area (Å²) in [5.74, 6) is -0.198. The molecule has 0 fully saturated rings. The Morgan fingerprint density at radius 1 is 0.792 bits per heavy atom. The average molecular weight is 352 g/mol. The molecule has 0 aromatic rings. The van der Waals surface area contributed by atoms with E-state index >= 15 is 0 Å². The van der Waals surface area contributed by atoms with E-state index in [2.05, 4.69) is 40.2 Å². The summed E-state index contributed by atoms with van der Waals surface area (Å²) < 4.78 is 17.7. The standard InChI is InChI=1S/C7H14N2O5.C5H10N2O3/c1-3-13-6(10)8-4-9-7(11)14-5-12-2;1-4(8)6-3-7-5(9)10-2/h3-5H2,1-2H3,(H,8,10)(H,9,11);3H2,1-2H3,(H,6,8)(H,7,9). The minimum absolute atomic E-state index is 0.0542. The predicted molar refractivity (Wildman–Crippen MR) is 80.7 cm³/mol. The molecule has 0 aliphatic rings. The van der Waals surface area contributed by atoms with Gasteiger partial charge in [-0.15, -0.1) is 0 Å². The average Bonchev–Trinajstić information content (AvgIpc) is 2.53. The molecule has 12 heteroatoms. The van der Waals surface area contributed by atoms with Crippen LogP contribution in [0, 0.1) is 0 Å². The van der Waals surface area contributed by atoms with Crippen LogP contribution in [0.15, 0.2) is 0 Å². The first kappa shape index (κ1) is 23.5. The second-order valence-corrected chi connectivity index (χ2v) is 3.67. The van der Waals surface area contributed by atoms with E-state index in [4.69, 9.17) is 0 Å². The lowest BCUT2D eigenvalue weighted by Crippen LogP contribution is -2.37. The lowest BCUT2D eigenvalue weighted by Gasteiger charge is -2.07. The molecule has 0 aromatic carbocycles. The van der Waals surface area contributed by atoms with Crippen molar-refractivity contribution in [1.82, 2.24) is 21.3 Å². The summed E-state index contributed by atoms with van der Waals surface area (Å²) in [5, 5.41) is 9.16. The van der Waals surface area contributed by atoms with Gasteiger partial charge in [0.2, 0.25) is 5.91 Å². The minimum Gasteiger partial charge on any atom is -0.453 e. The maximum atomic E-state index is 10.7. The van der Waals surface area contributed by atoms with Crippen LogP contribution in [0.2, 0.25) is 0 Å². The van der Waals surface area contributed by atoms with Gasteiger partial charge in [0.05, 0.1) is 27.1 Å². The molecule has 0 spiro atoms. The molecule has 0 radical (unpaired) electrons. The molecule has 0 aliphatic carbocycles. The van der Waals surface area contributed by atoms with Crippen molar-refractivity contribution in [2.45, 2.75) is 13.8 Å². The van der Waals surface area contributed by atoms with Crippen LogP contribution < -0.4 is 21.3 Å². The monoisotopic (exact) mass is 352 g/mol. The van der Waals surface area contributed by atoms with Crippen molar-refractivity contribution in [3.8, 4) is 0 Å². The van der Waals surface area contributed by atoms with Gasteiger partial charge in [-0.3, -0.25) is 4.79 Å². The molecule has 0 rings (SSSR count). The van der Waals surface area contributed by atoms with Gasteiger partial charge in [-0.1, -0.05) is 0 Å². The first-order valence-electron chi connectivity index (χ1n) is 6.73. The van der Waals surface area contributed by atoms with Crippen molar-refractivity contribution in [3.05, 3.63) is 0 Å². The molecule has 12 nitrogen and oxygen atoms in total. The predicted octanol–water partition coefficient (Wildman–Crippen LogP) is -0.544. The van der Waals surface area contributed by atoms with Gasteiger partial charge in [-0.05, 0) is 6.92 Å². The minimum atomic E-state index is -0.677. The summed E-state index contributed by atoms with van der Waals surface area (Å²) in [6.07, 6.45) is -1.84. The highest BCUT2D eigenvalue weighted by atomic mass is 16.7. The summed E-state index contributed by atoms with van der Waals surface area (Å²) in [6, 6.07) is 0. The third-order valence-electron chi connectivity index (χ3n) is 1.80. The van der Waals surface area contributed by atoms with Gasteiger partial charge in [0, 0.05) is 14.0 Å². The number of hydrogen-bond donors (Lipinski definition) is 4. The fraction of sp³-hybridized carbons (Fsp3) is 0.667. The van der Waals surface area contributed by atoms with Gasteiger partial charge >= 0.3 is 18.3 Å². The zero-order chi connectivity index (χ0) is 18.8. The Morgan fingerprint density at radius 2 is 1.29 bits per heavy atom. The molecule has 0 aliphatic heterocycles. The number of amides is 4. The van der Waals surface area contributed by atoms with Gasteiger partial charge in [0.25, 0.3) is 0 Å². The molecular weight excluding hydrogens is 328 g/mol. The third-order valence-corrected chi connectivity index (χ3v) is 1.80. The maximum absolute atomic E-state index is 10.7. The van der Waals surface area contributed by atoms with Crippen molar-refractivity contribution in [2.24, 2.45) is 0 Å². The summed E-state index contributed by atoms with van der Waals surface area (Å²) in [6.45, 7) is 3.23. The van der Waals surface area contributed by atoms with Crippen LogP contribution in [0.1, 0.15) is 13.8 Å². The molecule has 0 bridgehead atoms. The van der Waals surface area contributed by atoms with Crippen LogP contribution in [-0.2, 0) is 23.7 Å². The third kappa shape index (κ3) is 19.2. The first-order valence-corrected chi connectivity index (χ1v) is 6.73. The first-order chi connectivity index (χ1) is 11.4. The Hall–Kier alpha value is -2.76. The Balaban J connectivity index is 0. The van der Waals surface area contributed by atoms with E-state index in [1.807, 2.05) is 0 Å². The highest BCUT2D eigenvalue weighted by molar-refractivity contribution is 5.73. The van der Waals surface area contributed by atoms with Gasteiger partial charge in [0.1, 0.15) is 0 Å². The van der Waals surface area contributed by atoms with Gasteiger partial charge in [-0.2, -0.15) is 0 Å². The number of rotatable bonds is 7. The number of ether oxygens (including phenoxy) is 4. The number of alkyl carbamates (subject to hydrolysis) is 3. The maximum Gasteiger partial charge on any atom is 0.410 e. The molecule has 140 valence electrons. The van der Waals surface area contributed by atoms with Crippen molar-refractivity contribution >= 4 is 24.2 Å². The van der Waals surface area contributed by atoms with Crippen LogP contribution in [0.3, 0.4) is 0 Å². The largest absolute Gasteiger partial charge is 0.453 e. The zero-order valence-corrected chi connectivity index (χ0v) is 14.1. The highest BCUT2D eigenvalue weighted by Gasteiger charge is 2.02. The van der Waals surface area contributed by atoms with Gasteiger partial charge in [-0.25, -0.2) is 14.4 Å². The van der Waals surface area contributed by atoms with Crippen LogP contribution in [0.4, 0.5) is 14.4 Å². The Bertz CT molecular complexity index is 391. The Labute approximate surface area is 139 Å². The molecule has 0 saturated carbocycles. The quantitative estimate of drug-likeness (QED) is 0.352. The number of carbonyl (C=O) groups excluding carboxylic acids is 4. The fourth-order valence-electron chi connectivity index (χ4n) is 0.847. The Morgan fingerprint density at radius 3 is 1.75 bits per heavy atom. The zero-order valence-electron chi connectivity index (χ0n) is 14.1. The Kier molecular flexibility index (Phi) is 16.3. The summed E-state index contributed by atoms with van der Waals surface area (Å²) in [7, 11) is 2.65. The van der Waals surface area contributed by atoms with E-state index < -0.39 is 18.3 Å². The smallest absolute Gasteiger partial charge is 0.410 e. The molecule has 0 saturated heterocycles. The normalized spacial score (nSPS) is 8.67. The molecule has 24 heavy (non-hydrogen) atoms. The molecule has 0 aromatic heterocycles. The van der Waals surface area contributed by atoms with Crippen LogP contribution >= 0.6 is 0 Å². The molecule has 0 heterocycles. The molecule has 4 amide bonds. The lowest BCUT2D eigenvalue weighted by atomic mass is 10.7. The molecular formula is C12H24N4O8. The van der Waals surface area contributed by atoms with Gasteiger partial charge in [0.15, 0.2) is 6.79 Å². The topological polar surface area (TPSA) is 153 Å². The van der Waals surface area contributed by atoms with E-state index in [0.717, 1.165) is 0 Å². The molecule has 4 N–H and O–H groups in total. The second kappa shape index (κ2) is 16.6. The summed E-state index contributed by atoms with van der Waals surface area (Å²) in [5.41, 5.74) is 0. The van der Waals surface area contributed by atoms with Gasteiger partial charge < -0.3 is 40.2 Å². The van der Waals surface area contributed by atoms with E-state index in [0.29, 0.717) is 0 Å². The molecule has 0 atom stereocenters. The number of nitrogens with one attached hydrogen (secondary N) is 4. The highest BCUT2D eigenvalue weighted by Crippen LogP contribution is 1.77. The summed E-state index contributed by atoms with van der Waals surface area (Å²) >= 11 is 0. The number of hydrogen-bond acceptors (Lipinski definition) is 8. The number of methoxy groups -OCH3 is 2. The molecule has 0 unspecified atom stereocenters. The lowest BCUT2D eigenvalue weighted by molar-refractivity contribution is -0.119. The van der Waals surface area contributed by atoms with Crippen molar-refractivity contribution in [3.63, 3.8) is 0 Å². The number of carbonyl (C=O) groups is 4. The van der Waals surface area contributed by atoms with Crippen molar-refractivity contribution in [2.75, 3.05) is 41.0 Å². The van der Waals surface area contributed by atoms with E-state index in [1.165, 1.54) is 21.1 Å². The van der Waals surface area contributed by atoms with Crippen molar-refractivity contribution in [1.29, 1.82) is 0 Å². The second-order valence-electron chi connectivity index (χ2n) is 3.67. The van der Waals surface area contributed by atoms with E-state index in [9.17, 15) is 19.2 Å². The summed E-state index contributed by atoms with van der Waals surface area (Å²) in [4.78, 5) is 41.9. The van der Waals surface area contributed by atoms with Crippen LogP contribution in [0.25, 0.3) is 0 Å². The van der Waals surface area contributed by atoms with Crippen molar-refractivity contribution < 1.29 is 38.1 Å². The van der Waals surface area contributed by atoms with Crippen LogP contribution in [-0.4, -0.2) is 65.1 Å². The fourth-order valence-corrected chi connectivity index (χ4v) is 0.847. The van der Waals surface area contributed by atoms with E-state index in [-0.39, 0.29) is 32.6 Å². The van der Waals surface area contributed by atoms with Crippen LogP contribution in [0.5, 0.6) is 0 Å². The van der Waals surface area contributed by atoms with E-state index in [1.54, 1.807) is 6.92 Å².